The van der Waals surface area contributed by atoms with Gasteiger partial charge in [0.1, 0.15) is 0 Å². The Morgan fingerprint density at radius 1 is 1.47 bits per heavy atom. The molecule has 1 aromatic rings. The summed E-state index contributed by atoms with van der Waals surface area (Å²) >= 11 is 4.87. The molecule has 0 aromatic heterocycles. The summed E-state index contributed by atoms with van der Waals surface area (Å²) in [7, 11) is -3.91. The van der Waals surface area contributed by atoms with Crippen LogP contribution in [-0.2, 0) is 9.09 Å². The van der Waals surface area contributed by atoms with Gasteiger partial charge in [0.2, 0.25) is 0 Å². The van der Waals surface area contributed by atoms with Gasteiger partial charge in [-0.2, -0.15) is 0 Å². The van der Waals surface area contributed by atoms with Gasteiger partial charge < -0.3 is 19.3 Å². The largest absolute Gasteiger partial charge is 1.00 e. The van der Waals surface area contributed by atoms with Crippen LogP contribution in [-0.4, -0.2) is 11.6 Å². The summed E-state index contributed by atoms with van der Waals surface area (Å²) in [6.07, 6.45) is 0. The summed E-state index contributed by atoms with van der Waals surface area (Å²) in [4.78, 5) is 12.2. The average molecular weight is 281 g/mol. The van der Waals surface area contributed by atoms with Crippen molar-refractivity contribution in [1.29, 1.82) is 0 Å². The van der Waals surface area contributed by atoms with Gasteiger partial charge in [-0.25, -0.2) is 0 Å². The molecule has 17 heavy (non-hydrogen) atoms. The minimum Gasteiger partial charge on any atom is -0.775 e. The van der Waals surface area contributed by atoms with Crippen LogP contribution in [0.1, 0.15) is 13.8 Å². The van der Waals surface area contributed by atoms with Crippen molar-refractivity contribution in [3.63, 3.8) is 0 Å². The van der Waals surface area contributed by atoms with E-state index in [0.29, 0.717) is 4.99 Å². The van der Waals surface area contributed by atoms with Crippen molar-refractivity contribution >= 4 is 35.8 Å². The molecule has 1 unspecified atom stereocenters. The Hall–Kier alpha value is 0.260. The minimum absolute atomic E-state index is 0. The predicted molar refractivity (Wildman–Crippen MR) is 67.2 cm³/mol. The van der Waals surface area contributed by atoms with Crippen molar-refractivity contribution in [2.45, 2.75) is 13.8 Å². The summed E-state index contributed by atoms with van der Waals surface area (Å²) in [6.45, 7) is 3.53. The van der Waals surface area contributed by atoms with Crippen LogP contribution in [0.5, 0.6) is 0 Å². The number of hydrogen-bond acceptors (Lipinski definition) is 4. The van der Waals surface area contributed by atoms with Gasteiger partial charge in [0, 0.05) is 11.0 Å². The zero-order valence-electron chi connectivity index (χ0n) is 10.1. The molecule has 1 aromatic carbocycles. The minimum atomic E-state index is -3.91. The SMILES string of the molecule is CCOP(=O)([O-])c1ccc(NC(C)=S)cc1.[Na+]. The average Bonchev–Trinajstić information content (AvgIpc) is 2.17. The van der Waals surface area contributed by atoms with Crippen LogP contribution in [0.2, 0.25) is 0 Å². The van der Waals surface area contributed by atoms with E-state index in [1.165, 1.54) is 12.1 Å². The number of rotatable bonds is 4. The molecule has 7 heteroatoms. The number of anilines is 1. The van der Waals surface area contributed by atoms with E-state index in [4.69, 9.17) is 16.7 Å². The fourth-order valence-corrected chi connectivity index (χ4v) is 2.30. The van der Waals surface area contributed by atoms with Crippen LogP contribution < -0.4 is 45.1 Å². The van der Waals surface area contributed by atoms with Crippen molar-refractivity contribution in [3.8, 4) is 0 Å². The van der Waals surface area contributed by atoms with Crippen molar-refractivity contribution in [1.82, 2.24) is 0 Å². The van der Waals surface area contributed by atoms with Crippen molar-refractivity contribution in [2.24, 2.45) is 0 Å². The van der Waals surface area contributed by atoms with Gasteiger partial charge in [-0.15, -0.1) is 0 Å². The second-order valence-corrected chi connectivity index (χ2v) is 5.53. The van der Waals surface area contributed by atoms with Crippen molar-refractivity contribution < 1.29 is 43.5 Å². The Balaban J connectivity index is 0.00000256. The molecule has 0 saturated carbocycles. The molecular weight excluding hydrogens is 268 g/mol. The molecule has 0 amide bonds. The first-order valence-electron chi connectivity index (χ1n) is 4.79. The summed E-state index contributed by atoms with van der Waals surface area (Å²) < 4.78 is 16.2. The van der Waals surface area contributed by atoms with E-state index in [-0.39, 0.29) is 41.5 Å². The number of hydrogen-bond donors (Lipinski definition) is 1. The number of thiocarbonyl (C=S) groups is 1. The van der Waals surface area contributed by atoms with E-state index < -0.39 is 7.60 Å². The molecule has 0 saturated heterocycles. The van der Waals surface area contributed by atoms with Gasteiger partial charge >= 0.3 is 29.6 Å². The third-order valence-electron chi connectivity index (χ3n) is 1.80. The van der Waals surface area contributed by atoms with Crippen LogP contribution in [0.15, 0.2) is 24.3 Å². The van der Waals surface area contributed by atoms with E-state index >= 15 is 0 Å². The first-order chi connectivity index (χ1) is 7.45. The first kappa shape index (κ1) is 17.3. The second kappa shape index (κ2) is 7.64. The Morgan fingerprint density at radius 2 is 2.00 bits per heavy atom. The van der Waals surface area contributed by atoms with Crippen LogP contribution in [0.25, 0.3) is 0 Å². The van der Waals surface area contributed by atoms with E-state index in [9.17, 15) is 9.46 Å². The third kappa shape index (κ3) is 5.62. The molecule has 0 bridgehead atoms. The molecule has 1 N–H and O–H groups in total. The predicted octanol–water partition coefficient (Wildman–Crippen LogP) is -1.33. The molecule has 0 radical (unpaired) electrons. The Kier molecular flexibility index (Phi) is 7.76. The summed E-state index contributed by atoms with van der Waals surface area (Å²) in [6, 6.07) is 6.28. The molecule has 0 fully saturated rings. The van der Waals surface area contributed by atoms with Gasteiger partial charge in [0.25, 0.3) is 0 Å². The Labute approximate surface area is 129 Å². The van der Waals surface area contributed by atoms with Gasteiger partial charge in [-0.1, -0.05) is 12.2 Å². The molecule has 0 aliphatic heterocycles. The van der Waals surface area contributed by atoms with Crippen LogP contribution in [0, 0.1) is 0 Å². The fourth-order valence-electron chi connectivity index (χ4n) is 1.18. The maximum absolute atomic E-state index is 11.5. The summed E-state index contributed by atoms with van der Waals surface area (Å²) in [5.74, 6) is 0. The van der Waals surface area contributed by atoms with Crippen LogP contribution in [0.3, 0.4) is 0 Å². The summed E-state index contributed by atoms with van der Waals surface area (Å²) in [5, 5.41) is 3.08. The molecule has 0 aliphatic carbocycles. The van der Waals surface area contributed by atoms with Crippen molar-refractivity contribution in [3.05, 3.63) is 24.3 Å². The molecule has 4 nitrogen and oxygen atoms in total. The molecule has 0 heterocycles. The van der Waals surface area contributed by atoms with Gasteiger partial charge in [0.15, 0.2) is 7.60 Å². The van der Waals surface area contributed by atoms with E-state index in [0.717, 1.165) is 5.69 Å². The Bertz CT molecular complexity index is 424. The van der Waals surface area contributed by atoms with Crippen molar-refractivity contribution in [2.75, 3.05) is 11.9 Å². The van der Waals surface area contributed by atoms with Gasteiger partial charge in [-0.05, 0) is 38.1 Å². The van der Waals surface area contributed by atoms with Crippen LogP contribution >= 0.6 is 19.8 Å². The maximum atomic E-state index is 11.5. The van der Waals surface area contributed by atoms with Gasteiger partial charge in [0.05, 0.1) is 11.6 Å². The molecule has 1 rings (SSSR count). The maximum Gasteiger partial charge on any atom is 1.00 e. The fraction of sp³-hybridized carbons (Fsp3) is 0.300. The third-order valence-corrected chi connectivity index (χ3v) is 3.43. The second-order valence-electron chi connectivity index (χ2n) is 3.14. The smallest absolute Gasteiger partial charge is 0.775 e. The molecule has 1 atom stereocenters. The first-order valence-corrected chi connectivity index (χ1v) is 6.74. The van der Waals surface area contributed by atoms with E-state index in [2.05, 4.69) is 5.32 Å². The molecular formula is C10H13NNaO3PS. The van der Waals surface area contributed by atoms with Crippen LogP contribution in [0.4, 0.5) is 5.69 Å². The zero-order valence-corrected chi connectivity index (χ0v) is 13.8. The topological polar surface area (TPSA) is 61.4 Å². The van der Waals surface area contributed by atoms with E-state index in [1.807, 2.05) is 0 Å². The molecule has 0 spiro atoms. The van der Waals surface area contributed by atoms with E-state index in [1.54, 1.807) is 26.0 Å². The zero-order chi connectivity index (χ0) is 12.2. The molecule has 88 valence electrons. The normalized spacial score (nSPS) is 13.4. The van der Waals surface area contributed by atoms with Gasteiger partial charge in [-0.3, -0.25) is 0 Å². The Morgan fingerprint density at radius 3 is 2.41 bits per heavy atom. The number of benzene rings is 1. The monoisotopic (exact) mass is 281 g/mol. The standard InChI is InChI=1S/C10H14NO3PS.Na/c1-3-14-15(12,13)10-6-4-9(5-7-10)11-8(2)16;/h4-7H,3H2,1-2H3,(H,11,16)(H,12,13);/q;+1/p-1. The number of nitrogens with one attached hydrogen (secondary N) is 1. The summed E-state index contributed by atoms with van der Waals surface area (Å²) in [5.41, 5.74) is 0.757. The molecule has 0 aliphatic rings. The quantitative estimate of drug-likeness (QED) is 0.421.